The van der Waals surface area contributed by atoms with Crippen molar-refractivity contribution in [2.75, 3.05) is 17.7 Å². The van der Waals surface area contributed by atoms with Crippen LogP contribution in [0.1, 0.15) is 22.4 Å². The fourth-order valence-electron chi connectivity index (χ4n) is 2.56. The van der Waals surface area contributed by atoms with Crippen molar-refractivity contribution < 1.29 is 0 Å². The van der Waals surface area contributed by atoms with Crippen LogP contribution in [0.5, 0.6) is 0 Å². The van der Waals surface area contributed by atoms with Crippen LogP contribution in [0.2, 0.25) is 0 Å². The lowest BCUT2D eigenvalue weighted by Gasteiger charge is -2.24. The minimum atomic E-state index is 0.731. The lowest BCUT2D eigenvalue weighted by Crippen LogP contribution is -2.15. The van der Waals surface area contributed by atoms with E-state index in [1.807, 2.05) is 26.1 Å². The van der Waals surface area contributed by atoms with Gasteiger partial charge in [-0.2, -0.15) is 0 Å². The number of hydrogen-bond acceptors (Lipinski definition) is 3. The molecule has 0 aliphatic heterocycles. The maximum absolute atomic E-state index is 5.83. The largest absolute Gasteiger partial charge is 0.397 e. The Bertz CT molecular complexity index is 594. The van der Waals surface area contributed by atoms with Gasteiger partial charge in [0.05, 0.1) is 11.4 Å². The molecule has 2 aromatic rings. The summed E-state index contributed by atoms with van der Waals surface area (Å²) in [5.74, 6) is 0.918. The molecule has 0 unspecified atom stereocenters. The van der Waals surface area contributed by atoms with E-state index in [-0.39, 0.29) is 0 Å². The summed E-state index contributed by atoms with van der Waals surface area (Å²) < 4.78 is 0. The number of aryl methyl sites for hydroxylation is 4. The molecule has 2 N–H and O–H groups in total. The van der Waals surface area contributed by atoms with Crippen LogP contribution < -0.4 is 10.6 Å². The molecule has 3 nitrogen and oxygen atoms in total. The van der Waals surface area contributed by atoms with Crippen LogP contribution in [0.3, 0.4) is 0 Å². The second kappa shape index (κ2) is 4.92. The van der Waals surface area contributed by atoms with E-state index in [4.69, 9.17) is 5.73 Å². The molecule has 0 bridgehead atoms. The summed E-state index contributed by atoms with van der Waals surface area (Å²) in [4.78, 5) is 6.68. The summed E-state index contributed by atoms with van der Waals surface area (Å²) in [7, 11) is 2.04. The second-order valence-electron chi connectivity index (χ2n) is 5.15. The number of nitrogens with two attached hydrogens (primary N) is 1. The van der Waals surface area contributed by atoms with Gasteiger partial charge in [0, 0.05) is 12.7 Å². The van der Waals surface area contributed by atoms with Gasteiger partial charge in [0.15, 0.2) is 0 Å². The minimum absolute atomic E-state index is 0.731. The molecule has 2 rings (SSSR count). The molecule has 0 aliphatic carbocycles. The number of aromatic nitrogens is 1. The topological polar surface area (TPSA) is 42.1 Å². The highest BCUT2D eigenvalue weighted by Crippen LogP contribution is 2.30. The fraction of sp³-hybridized carbons (Fsp3) is 0.312. The van der Waals surface area contributed by atoms with Gasteiger partial charge in [-0.15, -0.1) is 0 Å². The van der Waals surface area contributed by atoms with Gasteiger partial charge < -0.3 is 10.6 Å². The van der Waals surface area contributed by atoms with Crippen molar-refractivity contribution in [1.82, 2.24) is 4.98 Å². The van der Waals surface area contributed by atoms with E-state index in [9.17, 15) is 0 Å². The SMILES string of the molecule is Cc1cc(C)c(N(C)c2ccc(N)c(C)n2)c(C)c1. The predicted octanol–water partition coefficient (Wildman–Crippen LogP) is 3.67. The van der Waals surface area contributed by atoms with Gasteiger partial charge in [-0.3, -0.25) is 0 Å². The molecule has 0 saturated heterocycles. The summed E-state index contributed by atoms with van der Waals surface area (Å²) >= 11 is 0. The Morgan fingerprint density at radius 1 is 1.00 bits per heavy atom. The van der Waals surface area contributed by atoms with Gasteiger partial charge in [0.1, 0.15) is 5.82 Å². The monoisotopic (exact) mass is 255 g/mol. The number of rotatable bonds is 2. The molecule has 1 aromatic heterocycles. The lowest BCUT2D eigenvalue weighted by molar-refractivity contribution is 1.07. The Kier molecular flexibility index (Phi) is 3.47. The summed E-state index contributed by atoms with van der Waals surface area (Å²) in [5, 5.41) is 0. The Labute approximate surface area is 115 Å². The molecule has 1 aromatic carbocycles. The lowest BCUT2D eigenvalue weighted by atomic mass is 10.0. The normalized spacial score (nSPS) is 10.6. The van der Waals surface area contributed by atoms with E-state index in [2.05, 4.69) is 42.8 Å². The second-order valence-corrected chi connectivity index (χ2v) is 5.15. The smallest absolute Gasteiger partial charge is 0.133 e. The summed E-state index contributed by atoms with van der Waals surface area (Å²) in [6.07, 6.45) is 0. The van der Waals surface area contributed by atoms with Crippen LogP contribution in [-0.4, -0.2) is 12.0 Å². The standard InChI is InChI=1S/C16H21N3/c1-10-8-11(2)16(12(3)9-10)19(5)15-7-6-14(17)13(4)18-15/h6-9H,17H2,1-5H3. The molecular formula is C16H21N3. The van der Waals surface area contributed by atoms with Gasteiger partial charge >= 0.3 is 0 Å². The van der Waals surface area contributed by atoms with Crippen molar-refractivity contribution in [2.24, 2.45) is 0 Å². The highest BCUT2D eigenvalue weighted by molar-refractivity contribution is 5.68. The first-order valence-corrected chi connectivity index (χ1v) is 6.45. The van der Waals surface area contributed by atoms with Crippen LogP contribution in [0, 0.1) is 27.7 Å². The quantitative estimate of drug-likeness (QED) is 0.890. The fourth-order valence-corrected chi connectivity index (χ4v) is 2.56. The zero-order valence-electron chi connectivity index (χ0n) is 12.3. The third-order valence-corrected chi connectivity index (χ3v) is 3.43. The van der Waals surface area contributed by atoms with Gasteiger partial charge in [-0.25, -0.2) is 4.98 Å². The molecule has 19 heavy (non-hydrogen) atoms. The molecule has 0 aliphatic rings. The molecule has 0 spiro atoms. The predicted molar refractivity (Wildman–Crippen MR) is 82.1 cm³/mol. The molecule has 0 atom stereocenters. The van der Waals surface area contributed by atoms with E-state index in [1.54, 1.807) is 0 Å². The Hall–Kier alpha value is -2.03. The number of hydrogen-bond donors (Lipinski definition) is 1. The summed E-state index contributed by atoms with van der Waals surface area (Å²) in [5.41, 5.74) is 12.4. The van der Waals surface area contributed by atoms with Crippen molar-refractivity contribution in [3.05, 3.63) is 46.6 Å². The number of benzene rings is 1. The third kappa shape index (κ3) is 2.55. The van der Waals surface area contributed by atoms with E-state index in [1.165, 1.54) is 22.4 Å². The molecule has 0 amide bonds. The van der Waals surface area contributed by atoms with Crippen LogP contribution >= 0.6 is 0 Å². The highest BCUT2D eigenvalue weighted by atomic mass is 15.2. The summed E-state index contributed by atoms with van der Waals surface area (Å²) in [6, 6.07) is 8.26. The Morgan fingerprint density at radius 3 is 2.11 bits per heavy atom. The van der Waals surface area contributed by atoms with E-state index >= 15 is 0 Å². The first kappa shape index (κ1) is 13.4. The van der Waals surface area contributed by atoms with Crippen molar-refractivity contribution in [3.63, 3.8) is 0 Å². The molecular weight excluding hydrogens is 234 g/mol. The van der Waals surface area contributed by atoms with Crippen LogP contribution in [-0.2, 0) is 0 Å². The van der Waals surface area contributed by atoms with E-state index in [0.29, 0.717) is 0 Å². The third-order valence-electron chi connectivity index (χ3n) is 3.43. The first-order valence-electron chi connectivity index (χ1n) is 6.45. The van der Waals surface area contributed by atoms with Crippen LogP contribution in [0.4, 0.5) is 17.2 Å². The zero-order chi connectivity index (χ0) is 14.2. The highest BCUT2D eigenvalue weighted by Gasteiger charge is 2.12. The molecule has 0 saturated carbocycles. The first-order chi connectivity index (χ1) is 8.90. The van der Waals surface area contributed by atoms with Crippen LogP contribution in [0.25, 0.3) is 0 Å². The van der Waals surface area contributed by atoms with Gasteiger partial charge in [0.25, 0.3) is 0 Å². The maximum Gasteiger partial charge on any atom is 0.133 e. The van der Waals surface area contributed by atoms with Crippen molar-refractivity contribution in [1.29, 1.82) is 0 Å². The molecule has 0 fully saturated rings. The van der Waals surface area contributed by atoms with Gasteiger partial charge in [0.2, 0.25) is 0 Å². The van der Waals surface area contributed by atoms with E-state index in [0.717, 1.165) is 17.2 Å². The number of anilines is 3. The van der Waals surface area contributed by atoms with Crippen molar-refractivity contribution in [3.8, 4) is 0 Å². The number of pyridine rings is 1. The molecule has 100 valence electrons. The van der Waals surface area contributed by atoms with Crippen molar-refractivity contribution in [2.45, 2.75) is 27.7 Å². The molecule has 3 heteroatoms. The van der Waals surface area contributed by atoms with Crippen molar-refractivity contribution >= 4 is 17.2 Å². The Balaban J connectivity index is 2.49. The average Bonchev–Trinajstić information content (AvgIpc) is 2.31. The van der Waals surface area contributed by atoms with E-state index < -0.39 is 0 Å². The van der Waals surface area contributed by atoms with Gasteiger partial charge in [-0.1, -0.05) is 17.7 Å². The average molecular weight is 255 g/mol. The molecule has 0 radical (unpaired) electrons. The minimum Gasteiger partial charge on any atom is -0.397 e. The Morgan fingerprint density at radius 2 is 1.58 bits per heavy atom. The number of nitrogens with zero attached hydrogens (tertiary/aromatic N) is 2. The van der Waals surface area contributed by atoms with Crippen LogP contribution in [0.15, 0.2) is 24.3 Å². The molecule has 1 heterocycles. The van der Waals surface area contributed by atoms with Gasteiger partial charge in [-0.05, 0) is 51.0 Å². The maximum atomic E-state index is 5.83. The number of nitrogen functional groups attached to an aromatic ring is 1. The summed E-state index contributed by atoms with van der Waals surface area (Å²) in [6.45, 7) is 8.32. The zero-order valence-corrected chi connectivity index (χ0v) is 12.3.